The summed E-state index contributed by atoms with van der Waals surface area (Å²) in [5.41, 5.74) is 7.63. The highest BCUT2D eigenvalue weighted by atomic mass is 79.9. The van der Waals surface area contributed by atoms with E-state index in [1.807, 2.05) is 12.1 Å². The molecule has 2 rings (SSSR count). The van der Waals surface area contributed by atoms with Crippen LogP contribution in [-0.4, -0.2) is 18.6 Å². The van der Waals surface area contributed by atoms with Gasteiger partial charge in [0.05, 0.1) is 7.11 Å². The summed E-state index contributed by atoms with van der Waals surface area (Å²) in [6, 6.07) is 6.12. The first kappa shape index (κ1) is 11.6. The summed E-state index contributed by atoms with van der Waals surface area (Å²) in [7, 11) is 1.38. The van der Waals surface area contributed by atoms with Gasteiger partial charge in [0.25, 0.3) is 0 Å². The molecule has 3 nitrogen and oxygen atoms in total. The van der Waals surface area contributed by atoms with Crippen molar-refractivity contribution in [3.05, 3.63) is 33.8 Å². The number of fused-ring (bicyclic) bond motifs is 1. The lowest BCUT2D eigenvalue weighted by Gasteiger charge is -2.32. The Morgan fingerprint density at radius 3 is 2.94 bits per heavy atom. The van der Waals surface area contributed by atoms with Crippen molar-refractivity contribution in [3.63, 3.8) is 0 Å². The number of methoxy groups -OCH3 is 1. The van der Waals surface area contributed by atoms with Crippen LogP contribution in [0.5, 0.6) is 0 Å². The minimum absolute atomic E-state index is 0.321. The topological polar surface area (TPSA) is 52.3 Å². The van der Waals surface area contributed by atoms with Gasteiger partial charge in [-0.25, -0.2) is 0 Å². The van der Waals surface area contributed by atoms with Crippen molar-refractivity contribution in [3.8, 4) is 0 Å². The molecule has 16 heavy (non-hydrogen) atoms. The smallest absolute Gasteiger partial charge is 0.326 e. The molecule has 86 valence electrons. The van der Waals surface area contributed by atoms with Crippen LogP contribution in [0.4, 0.5) is 0 Å². The molecule has 0 aromatic heterocycles. The summed E-state index contributed by atoms with van der Waals surface area (Å²) in [6.45, 7) is 0. The van der Waals surface area contributed by atoms with Gasteiger partial charge in [-0.1, -0.05) is 22.0 Å². The predicted molar refractivity (Wildman–Crippen MR) is 65.1 cm³/mol. The third-order valence-electron chi connectivity index (χ3n) is 3.11. The summed E-state index contributed by atoms with van der Waals surface area (Å²) >= 11 is 3.43. The molecule has 2 N–H and O–H groups in total. The van der Waals surface area contributed by atoms with Crippen LogP contribution in [-0.2, 0) is 22.4 Å². The van der Waals surface area contributed by atoms with Gasteiger partial charge in [-0.3, -0.25) is 4.79 Å². The van der Waals surface area contributed by atoms with E-state index in [-0.39, 0.29) is 5.97 Å². The number of hydrogen-bond donors (Lipinski definition) is 1. The number of carbonyl (C=O) groups is 1. The minimum atomic E-state index is -0.859. The first-order valence-electron chi connectivity index (χ1n) is 5.20. The molecular formula is C12H14BrNO2. The van der Waals surface area contributed by atoms with Gasteiger partial charge in [0.15, 0.2) is 0 Å². The highest BCUT2D eigenvalue weighted by Gasteiger charge is 2.38. The van der Waals surface area contributed by atoms with Gasteiger partial charge >= 0.3 is 5.97 Å². The predicted octanol–water partition coefficient (Wildman–Crippen LogP) is 1.81. The van der Waals surface area contributed by atoms with Crippen LogP contribution < -0.4 is 5.73 Å². The Labute approximate surface area is 103 Å². The molecule has 1 aliphatic rings. The average molecular weight is 284 g/mol. The van der Waals surface area contributed by atoms with E-state index in [1.165, 1.54) is 12.7 Å². The largest absolute Gasteiger partial charge is 0.468 e. The fourth-order valence-electron chi connectivity index (χ4n) is 2.17. The van der Waals surface area contributed by atoms with E-state index in [4.69, 9.17) is 10.5 Å². The van der Waals surface area contributed by atoms with Crippen LogP contribution in [0, 0.1) is 0 Å². The third kappa shape index (κ3) is 1.99. The summed E-state index contributed by atoms with van der Waals surface area (Å²) in [5, 5.41) is 0. The number of rotatable bonds is 1. The quantitative estimate of drug-likeness (QED) is 0.800. The number of aryl methyl sites for hydroxylation is 1. The first-order chi connectivity index (χ1) is 7.55. The molecule has 0 aliphatic heterocycles. The Bertz CT molecular complexity index is 433. The first-order valence-corrected chi connectivity index (χ1v) is 5.99. The highest BCUT2D eigenvalue weighted by molar-refractivity contribution is 9.10. The monoisotopic (exact) mass is 283 g/mol. The van der Waals surface area contributed by atoms with Crippen LogP contribution >= 0.6 is 15.9 Å². The molecule has 0 amide bonds. The number of benzene rings is 1. The van der Waals surface area contributed by atoms with Crippen molar-refractivity contribution in [2.75, 3.05) is 7.11 Å². The minimum Gasteiger partial charge on any atom is -0.468 e. The zero-order valence-electron chi connectivity index (χ0n) is 9.13. The molecule has 0 heterocycles. The van der Waals surface area contributed by atoms with Crippen LogP contribution in [0.1, 0.15) is 17.5 Å². The van der Waals surface area contributed by atoms with Gasteiger partial charge < -0.3 is 10.5 Å². The summed E-state index contributed by atoms with van der Waals surface area (Å²) in [4.78, 5) is 11.6. The van der Waals surface area contributed by atoms with E-state index >= 15 is 0 Å². The van der Waals surface area contributed by atoms with Crippen LogP contribution in [0.15, 0.2) is 22.7 Å². The number of nitrogens with two attached hydrogens (primary N) is 1. The second kappa shape index (κ2) is 4.18. The number of halogens is 1. The molecule has 4 heteroatoms. The van der Waals surface area contributed by atoms with Gasteiger partial charge in [0.1, 0.15) is 5.54 Å². The molecule has 0 unspecified atom stereocenters. The lowest BCUT2D eigenvalue weighted by molar-refractivity contribution is -0.147. The Hall–Kier alpha value is -0.870. The fourth-order valence-corrected chi connectivity index (χ4v) is 2.57. The van der Waals surface area contributed by atoms with Crippen molar-refractivity contribution in [1.82, 2.24) is 0 Å². The lowest BCUT2D eigenvalue weighted by atomic mass is 9.79. The van der Waals surface area contributed by atoms with Crippen molar-refractivity contribution < 1.29 is 9.53 Å². The van der Waals surface area contributed by atoms with Gasteiger partial charge in [-0.15, -0.1) is 0 Å². The zero-order valence-corrected chi connectivity index (χ0v) is 10.7. The molecule has 0 saturated heterocycles. The Kier molecular flexibility index (Phi) is 3.04. The van der Waals surface area contributed by atoms with Gasteiger partial charge in [-0.2, -0.15) is 0 Å². The molecule has 0 bridgehead atoms. The lowest BCUT2D eigenvalue weighted by Crippen LogP contribution is -2.52. The molecule has 0 saturated carbocycles. The van der Waals surface area contributed by atoms with E-state index in [0.29, 0.717) is 12.8 Å². The molecule has 1 aliphatic carbocycles. The maximum Gasteiger partial charge on any atom is 0.326 e. The van der Waals surface area contributed by atoms with E-state index in [0.717, 1.165) is 16.5 Å². The van der Waals surface area contributed by atoms with Crippen molar-refractivity contribution in [1.29, 1.82) is 0 Å². The van der Waals surface area contributed by atoms with Crippen molar-refractivity contribution in [2.24, 2.45) is 5.73 Å². The Morgan fingerprint density at radius 2 is 2.25 bits per heavy atom. The van der Waals surface area contributed by atoms with E-state index in [2.05, 4.69) is 22.0 Å². The fraction of sp³-hybridized carbons (Fsp3) is 0.417. The van der Waals surface area contributed by atoms with Gasteiger partial charge in [0.2, 0.25) is 0 Å². The maximum absolute atomic E-state index is 11.6. The molecule has 0 spiro atoms. The number of hydrogen-bond acceptors (Lipinski definition) is 3. The van der Waals surface area contributed by atoms with Gasteiger partial charge in [0, 0.05) is 10.9 Å². The average Bonchev–Trinajstić information content (AvgIpc) is 2.27. The molecule has 1 aromatic carbocycles. The molecule has 1 aromatic rings. The molecule has 0 fully saturated rings. The number of ether oxygens (including phenoxy) is 1. The van der Waals surface area contributed by atoms with Crippen LogP contribution in [0.25, 0.3) is 0 Å². The maximum atomic E-state index is 11.6. The summed E-state index contributed by atoms with van der Waals surface area (Å²) in [6.07, 6.45) is 2.02. The van der Waals surface area contributed by atoms with Crippen molar-refractivity contribution >= 4 is 21.9 Å². The van der Waals surface area contributed by atoms with E-state index in [9.17, 15) is 4.79 Å². The zero-order chi connectivity index (χ0) is 11.8. The number of esters is 1. The standard InChI is InChI=1S/C12H14BrNO2/c1-16-11(15)12(14)5-4-8-2-3-10(13)6-9(8)7-12/h2-3,6H,4-5,7,14H2,1H3/t12-/m0/s1. The van der Waals surface area contributed by atoms with Gasteiger partial charge in [-0.05, 0) is 36.1 Å². The van der Waals surface area contributed by atoms with E-state index in [1.54, 1.807) is 0 Å². The van der Waals surface area contributed by atoms with Crippen LogP contribution in [0.2, 0.25) is 0 Å². The molecular weight excluding hydrogens is 270 g/mol. The Balaban J connectivity index is 2.32. The molecule has 1 atom stereocenters. The SMILES string of the molecule is COC(=O)[C@]1(N)CCc2ccc(Br)cc2C1. The second-order valence-corrected chi connectivity index (χ2v) is 5.15. The summed E-state index contributed by atoms with van der Waals surface area (Å²) < 4.78 is 5.78. The van der Waals surface area contributed by atoms with Crippen LogP contribution in [0.3, 0.4) is 0 Å². The normalized spacial score (nSPS) is 23.7. The number of carbonyl (C=O) groups excluding carboxylic acids is 1. The van der Waals surface area contributed by atoms with Crippen molar-refractivity contribution in [2.45, 2.75) is 24.8 Å². The van der Waals surface area contributed by atoms with E-state index < -0.39 is 5.54 Å². The second-order valence-electron chi connectivity index (χ2n) is 4.24. The molecule has 0 radical (unpaired) electrons. The Morgan fingerprint density at radius 1 is 1.50 bits per heavy atom. The third-order valence-corrected chi connectivity index (χ3v) is 3.60. The summed E-state index contributed by atoms with van der Waals surface area (Å²) in [5.74, 6) is -0.321. The highest BCUT2D eigenvalue weighted by Crippen LogP contribution is 2.29.